The van der Waals surface area contributed by atoms with E-state index in [0.29, 0.717) is 0 Å². The Bertz CT molecular complexity index is 95.8. The first-order chi connectivity index (χ1) is 4.18. The second kappa shape index (κ2) is 4.95. The molecule has 0 aliphatic heterocycles. The van der Waals surface area contributed by atoms with Crippen molar-refractivity contribution in [1.29, 1.82) is 0 Å². The number of esters is 1. The molecule has 4 nitrogen and oxygen atoms in total. The normalized spacial score (nSPS) is 12.8. The molecule has 54 valence electrons. The van der Waals surface area contributed by atoms with Crippen molar-refractivity contribution in [2.75, 3.05) is 6.79 Å². The van der Waals surface area contributed by atoms with Crippen LogP contribution in [0.5, 0.6) is 0 Å². The summed E-state index contributed by atoms with van der Waals surface area (Å²) < 4.78 is 8.89. The smallest absolute Gasteiger partial charge is 0.324 e. The van der Waals surface area contributed by atoms with Crippen molar-refractivity contribution in [2.45, 2.75) is 13.0 Å². The molecule has 0 amide bonds. The van der Waals surface area contributed by atoms with Crippen LogP contribution in [0.3, 0.4) is 0 Å². The number of halogens is 1. The van der Waals surface area contributed by atoms with Gasteiger partial charge in [0, 0.05) is 0 Å². The van der Waals surface area contributed by atoms with Crippen molar-refractivity contribution >= 4 is 29.0 Å². The molecule has 0 spiro atoms. The largest absolute Gasteiger partial charge is 0.436 e. The summed E-state index contributed by atoms with van der Waals surface area (Å²) in [6.07, 6.45) is 0. The Balaban J connectivity index is 3.28. The number of carbonyl (C=O) groups is 1. The molecule has 0 aliphatic carbocycles. The van der Waals surface area contributed by atoms with Crippen molar-refractivity contribution in [3.05, 3.63) is 0 Å². The summed E-state index contributed by atoms with van der Waals surface area (Å²) in [6, 6.07) is -0.573. The highest BCUT2D eigenvalue weighted by molar-refractivity contribution is 14.1. The lowest BCUT2D eigenvalue weighted by molar-refractivity contribution is -0.149. The number of nitrogens with two attached hydrogens (primary N) is 1. The zero-order chi connectivity index (χ0) is 7.28. The minimum Gasteiger partial charge on any atom is -0.436 e. The molecule has 0 fully saturated rings. The zero-order valence-corrected chi connectivity index (χ0v) is 7.12. The van der Waals surface area contributed by atoms with E-state index in [1.807, 2.05) is 0 Å². The van der Waals surface area contributed by atoms with Gasteiger partial charge in [-0.25, -0.2) is 0 Å². The van der Waals surface area contributed by atoms with E-state index in [1.165, 1.54) is 0 Å². The SMILES string of the molecule is C[C@H](N)C(=O)OCOI. The van der Waals surface area contributed by atoms with Gasteiger partial charge in [0.1, 0.15) is 29.0 Å². The standard InChI is InChI=1S/C4H8INO3/c1-3(6)4(7)8-2-9-5/h3H,2,6H2,1H3/t3-/m0/s1. The minimum absolute atomic E-state index is 0.0407. The molecular formula is C4H8INO3. The number of carbonyl (C=O) groups excluding carboxylic acids is 1. The Labute approximate surface area is 67.4 Å². The molecule has 0 aromatic rings. The van der Waals surface area contributed by atoms with Crippen LogP contribution in [0.4, 0.5) is 0 Å². The first-order valence-electron chi connectivity index (χ1n) is 2.34. The fourth-order valence-electron chi connectivity index (χ4n) is 0.212. The zero-order valence-electron chi connectivity index (χ0n) is 4.96. The lowest BCUT2D eigenvalue weighted by Crippen LogP contribution is -2.28. The summed E-state index contributed by atoms with van der Waals surface area (Å²) in [6.45, 7) is 1.51. The summed E-state index contributed by atoms with van der Waals surface area (Å²) in [7, 11) is 0. The van der Waals surface area contributed by atoms with Gasteiger partial charge in [-0.1, -0.05) is 0 Å². The average Bonchev–Trinajstić information content (AvgIpc) is 1.82. The number of ether oxygens (including phenoxy) is 1. The summed E-state index contributed by atoms with van der Waals surface area (Å²) in [5.74, 6) is -0.452. The van der Waals surface area contributed by atoms with E-state index in [-0.39, 0.29) is 6.79 Å². The summed E-state index contributed by atoms with van der Waals surface area (Å²) in [4.78, 5) is 10.5. The van der Waals surface area contributed by atoms with Crippen molar-refractivity contribution in [3.63, 3.8) is 0 Å². The molecule has 0 aromatic heterocycles. The van der Waals surface area contributed by atoms with Crippen molar-refractivity contribution in [3.8, 4) is 0 Å². The summed E-state index contributed by atoms with van der Waals surface area (Å²) in [5, 5.41) is 0. The quantitative estimate of drug-likeness (QED) is 0.438. The Kier molecular flexibility index (Phi) is 5.02. The maximum Gasteiger partial charge on any atom is 0.324 e. The maximum atomic E-state index is 10.5. The van der Waals surface area contributed by atoms with E-state index >= 15 is 0 Å². The lowest BCUT2D eigenvalue weighted by Gasteiger charge is -2.03. The van der Waals surface area contributed by atoms with Gasteiger partial charge in [0.2, 0.25) is 6.79 Å². The lowest BCUT2D eigenvalue weighted by atomic mass is 10.4. The highest BCUT2D eigenvalue weighted by Crippen LogP contribution is 1.88. The molecule has 0 aromatic carbocycles. The van der Waals surface area contributed by atoms with Crippen LogP contribution in [0.15, 0.2) is 0 Å². The van der Waals surface area contributed by atoms with Crippen LogP contribution < -0.4 is 5.73 Å². The Morgan fingerprint density at radius 3 is 2.78 bits per heavy atom. The van der Waals surface area contributed by atoms with Crippen LogP contribution in [-0.4, -0.2) is 18.8 Å². The molecule has 0 saturated heterocycles. The van der Waals surface area contributed by atoms with Gasteiger partial charge in [0.25, 0.3) is 0 Å². The molecule has 1 atom stereocenters. The first kappa shape index (κ1) is 9.12. The van der Waals surface area contributed by atoms with Gasteiger partial charge >= 0.3 is 5.97 Å². The van der Waals surface area contributed by atoms with Crippen molar-refractivity contribution in [2.24, 2.45) is 5.73 Å². The molecule has 0 saturated carbocycles. The van der Waals surface area contributed by atoms with Gasteiger partial charge in [-0.15, -0.1) is 0 Å². The molecule has 0 radical (unpaired) electrons. The van der Waals surface area contributed by atoms with E-state index < -0.39 is 12.0 Å². The third-order valence-electron chi connectivity index (χ3n) is 0.618. The molecule has 0 unspecified atom stereocenters. The third kappa shape index (κ3) is 4.61. The maximum absolute atomic E-state index is 10.5. The number of rotatable bonds is 3. The third-order valence-corrected chi connectivity index (χ3v) is 0.872. The van der Waals surface area contributed by atoms with Crippen LogP contribution >= 0.6 is 23.0 Å². The average molecular weight is 245 g/mol. The van der Waals surface area contributed by atoms with Gasteiger partial charge in [0.15, 0.2) is 0 Å². The molecular weight excluding hydrogens is 237 g/mol. The minimum atomic E-state index is -0.573. The van der Waals surface area contributed by atoms with Gasteiger partial charge in [0.05, 0.1) is 0 Å². The van der Waals surface area contributed by atoms with Crippen molar-refractivity contribution < 1.29 is 12.6 Å². The monoisotopic (exact) mass is 245 g/mol. The second-order valence-corrected chi connectivity index (χ2v) is 2.10. The summed E-state index contributed by atoms with van der Waals surface area (Å²) in [5.41, 5.74) is 5.14. The van der Waals surface area contributed by atoms with Gasteiger partial charge in [-0.3, -0.25) is 7.86 Å². The Morgan fingerprint density at radius 1 is 1.89 bits per heavy atom. The molecule has 9 heavy (non-hydrogen) atoms. The van der Waals surface area contributed by atoms with Crippen LogP contribution in [0.25, 0.3) is 0 Å². The number of hydrogen-bond donors (Lipinski definition) is 1. The van der Waals surface area contributed by atoms with Crippen molar-refractivity contribution in [1.82, 2.24) is 0 Å². The van der Waals surface area contributed by atoms with E-state index in [4.69, 9.17) is 5.73 Å². The number of hydrogen-bond acceptors (Lipinski definition) is 4. The van der Waals surface area contributed by atoms with Gasteiger partial charge in [-0.2, -0.15) is 0 Å². The van der Waals surface area contributed by atoms with Crippen LogP contribution in [0.1, 0.15) is 6.92 Å². The topological polar surface area (TPSA) is 61.6 Å². The molecule has 0 aliphatic rings. The summed E-state index contributed by atoms with van der Waals surface area (Å²) >= 11 is 1.63. The van der Waals surface area contributed by atoms with Crippen LogP contribution in [0, 0.1) is 0 Å². The fourth-order valence-corrected chi connectivity index (χ4v) is 0.339. The molecule has 5 heteroatoms. The fraction of sp³-hybridized carbons (Fsp3) is 0.750. The van der Waals surface area contributed by atoms with Gasteiger partial charge in [-0.05, 0) is 6.92 Å². The van der Waals surface area contributed by atoms with Crippen LogP contribution in [0.2, 0.25) is 0 Å². The first-order valence-corrected chi connectivity index (χ1v) is 3.22. The van der Waals surface area contributed by atoms with Crippen LogP contribution in [-0.2, 0) is 12.6 Å². The van der Waals surface area contributed by atoms with E-state index in [2.05, 4.69) is 7.80 Å². The Morgan fingerprint density at radius 2 is 2.44 bits per heavy atom. The predicted octanol–water partition coefficient (Wildman–Crippen LogP) is 0.201. The molecule has 0 heterocycles. The highest BCUT2D eigenvalue weighted by atomic mass is 127. The molecule has 0 rings (SSSR count). The second-order valence-electron chi connectivity index (χ2n) is 1.48. The van der Waals surface area contributed by atoms with Gasteiger partial charge < -0.3 is 10.5 Å². The molecule has 2 N–H and O–H groups in total. The van der Waals surface area contributed by atoms with E-state index in [0.717, 1.165) is 0 Å². The predicted molar refractivity (Wildman–Crippen MR) is 39.7 cm³/mol. The molecule has 0 bridgehead atoms. The van der Waals surface area contributed by atoms with E-state index in [1.54, 1.807) is 29.9 Å². The van der Waals surface area contributed by atoms with E-state index in [9.17, 15) is 4.79 Å². The highest BCUT2D eigenvalue weighted by Gasteiger charge is 2.06. The Hall–Kier alpha value is 0.120.